The van der Waals surface area contributed by atoms with E-state index in [1.807, 2.05) is 20.8 Å². The quantitative estimate of drug-likeness (QED) is 0.0950. The number of nitrogens with zero attached hydrogens (tertiary/aromatic N) is 4. The number of phosphoric ester groups is 1. The van der Waals surface area contributed by atoms with Crippen LogP contribution in [0.2, 0.25) is 5.28 Å². The SMILES string of the molecule is CCC(CC)CC.C[C@H](NP(=O)(Oc1ccccc1)OP(=O)([O-])OC[C@H]1O[C@@H](n2cnc3c(N)nc(Cl)nc32)[C@H](F)C1O)C(=O)OCC(C)(C)C. The molecule has 286 valence electrons. The number of halogens is 2. The Balaban J connectivity index is 0.000000908. The Labute approximate surface area is 301 Å². The van der Waals surface area contributed by atoms with Gasteiger partial charge in [-0.2, -0.15) is 15.1 Å². The zero-order valence-electron chi connectivity index (χ0n) is 29.6. The number of benzene rings is 1. The van der Waals surface area contributed by atoms with Gasteiger partial charge in [0.25, 0.3) is 7.82 Å². The minimum Gasteiger partial charge on any atom is -0.756 e. The summed E-state index contributed by atoms with van der Waals surface area (Å²) in [6, 6.07) is 6.06. The van der Waals surface area contributed by atoms with Gasteiger partial charge in [-0.3, -0.25) is 13.9 Å². The minimum absolute atomic E-state index is 0.00182. The lowest BCUT2D eigenvalue weighted by atomic mass is 9.99. The van der Waals surface area contributed by atoms with E-state index in [0.717, 1.165) is 16.8 Å². The van der Waals surface area contributed by atoms with Crippen LogP contribution in [0.3, 0.4) is 0 Å². The number of para-hydroxylation sites is 1. The van der Waals surface area contributed by atoms with Gasteiger partial charge in [-0.15, -0.1) is 0 Å². The number of carbonyl (C=O) groups is 1. The van der Waals surface area contributed by atoms with Gasteiger partial charge in [0.2, 0.25) is 5.28 Å². The van der Waals surface area contributed by atoms with E-state index in [1.165, 1.54) is 50.5 Å². The van der Waals surface area contributed by atoms with Gasteiger partial charge in [-0.25, -0.2) is 18.3 Å². The zero-order chi connectivity index (χ0) is 38.1. The maximum atomic E-state index is 15.1. The van der Waals surface area contributed by atoms with Crippen LogP contribution < -0.4 is 20.2 Å². The number of rotatable bonds is 15. The number of nitrogens with two attached hydrogens (primary N) is 1. The summed E-state index contributed by atoms with van der Waals surface area (Å²) < 4.78 is 68.3. The molecule has 51 heavy (non-hydrogen) atoms. The molecule has 0 spiro atoms. The molecule has 2 aromatic heterocycles. The van der Waals surface area contributed by atoms with Crippen molar-refractivity contribution >= 4 is 50.1 Å². The molecule has 3 aromatic rings. The smallest absolute Gasteiger partial charge is 0.465 e. The van der Waals surface area contributed by atoms with Crippen molar-refractivity contribution < 1.29 is 51.1 Å². The number of hydrogen-bond donors (Lipinski definition) is 3. The summed E-state index contributed by atoms with van der Waals surface area (Å²) >= 11 is 5.85. The van der Waals surface area contributed by atoms with Gasteiger partial charge >= 0.3 is 13.7 Å². The third-order valence-electron chi connectivity index (χ3n) is 7.65. The fourth-order valence-corrected chi connectivity index (χ4v) is 7.83. The van der Waals surface area contributed by atoms with Crippen LogP contribution in [0.25, 0.3) is 11.2 Å². The van der Waals surface area contributed by atoms with E-state index in [-0.39, 0.29) is 40.0 Å². The van der Waals surface area contributed by atoms with Crippen molar-refractivity contribution in [1.82, 2.24) is 24.6 Å². The summed E-state index contributed by atoms with van der Waals surface area (Å²) in [5, 5.41) is 12.4. The van der Waals surface area contributed by atoms with Crippen LogP contribution in [-0.4, -0.2) is 68.2 Å². The summed E-state index contributed by atoms with van der Waals surface area (Å²) in [6.45, 7) is 12.6. The normalized spacial score (nSPS) is 22.1. The molecule has 0 saturated carbocycles. The number of carbonyl (C=O) groups excluding carboxylic acids is 1. The number of fused-ring (bicyclic) bond motifs is 1. The molecule has 7 atom stereocenters. The van der Waals surface area contributed by atoms with Crippen LogP contribution >= 0.6 is 27.2 Å². The highest BCUT2D eigenvalue weighted by Gasteiger charge is 2.47. The third kappa shape index (κ3) is 12.4. The summed E-state index contributed by atoms with van der Waals surface area (Å²) in [4.78, 5) is 37.0. The number of aliphatic hydroxyl groups excluding tert-OH is 1. The Morgan fingerprint density at radius 3 is 2.37 bits per heavy atom. The number of nitrogens with one attached hydrogen (secondary N) is 1. The highest BCUT2D eigenvalue weighted by molar-refractivity contribution is 7.63. The highest BCUT2D eigenvalue weighted by atomic mass is 35.5. The predicted molar refractivity (Wildman–Crippen MR) is 186 cm³/mol. The molecule has 0 aliphatic carbocycles. The van der Waals surface area contributed by atoms with E-state index in [4.69, 9.17) is 40.2 Å². The van der Waals surface area contributed by atoms with E-state index in [0.29, 0.717) is 0 Å². The first-order chi connectivity index (χ1) is 23.8. The lowest BCUT2D eigenvalue weighted by molar-refractivity contribution is -0.220. The molecule has 1 aliphatic heterocycles. The third-order valence-corrected chi connectivity index (χ3v) is 11.1. The molecule has 20 heteroatoms. The molecular formula is C31H47ClFN6O10P2-. The first-order valence-electron chi connectivity index (χ1n) is 16.4. The highest BCUT2D eigenvalue weighted by Crippen LogP contribution is 2.58. The van der Waals surface area contributed by atoms with E-state index in [9.17, 15) is 23.9 Å². The number of hydrogen-bond acceptors (Lipinski definition) is 14. The van der Waals surface area contributed by atoms with E-state index in [1.54, 1.807) is 6.07 Å². The molecule has 4 rings (SSSR count). The zero-order valence-corrected chi connectivity index (χ0v) is 32.1. The number of aliphatic hydroxyl groups is 1. The maximum absolute atomic E-state index is 15.1. The maximum Gasteiger partial charge on any atom is 0.465 e. The van der Waals surface area contributed by atoms with Gasteiger partial charge in [0.1, 0.15) is 29.5 Å². The lowest BCUT2D eigenvalue weighted by Gasteiger charge is -2.30. The van der Waals surface area contributed by atoms with Crippen LogP contribution in [0.15, 0.2) is 36.7 Å². The van der Waals surface area contributed by atoms with Crippen LogP contribution in [-0.2, 0) is 32.2 Å². The Morgan fingerprint density at radius 1 is 1.18 bits per heavy atom. The van der Waals surface area contributed by atoms with Crippen molar-refractivity contribution in [1.29, 1.82) is 0 Å². The second kappa shape index (κ2) is 18.4. The number of ether oxygens (including phenoxy) is 2. The van der Waals surface area contributed by atoms with Crippen LogP contribution in [0.4, 0.5) is 10.2 Å². The van der Waals surface area contributed by atoms with Crippen LogP contribution in [0.5, 0.6) is 5.75 Å². The molecule has 16 nitrogen and oxygen atoms in total. The Morgan fingerprint density at radius 2 is 1.80 bits per heavy atom. The Bertz CT molecular complexity index is 1670. The number of imidazole rings is 1. The minimum atomic E-state index is -5.55. The van der Waals surface area contributed by atoms with Gasteiger partial charge in [0, 0.05) is 0 Å². The summed E-state index contributed by atoms with van der Waals surface area (Å²) in [7, 11) is -10.4. The summed E-state index contributed by atoms with van der Waals surface area (Å²) in [6.07, 6.45) is -1.87. The van der Waals surface area contributed by atoms with Crippen molar-refractivity contribution in [2.45, 2.75) is 98.4 Å². The number of phosphoric acid groups is 1. The Hall–Kier alpha value is -2.72. The van der Waals surface area contributed by atoms with E-state index >= 15 is 4.39 Å². The second-order valence-corrected chi connectivity index (χ2v) is 16.6. The molecule has 3 heterocycles. The van der Waals surface area contributed by atoms with Crippen molar-refractivity contribution in [3.05, 3.63) is 41.9 Å². The number of anilines is 1. The molecule has 3 unspecified atom stereocenters. The van der Waals surface area contributed by atoms with Gasteiger partial charge in [-0.1, -0.05) is 79.0 Å². The number of aromatic nitrogens is 4. The average Bonchev–Trinajstić information content (AvgIpc) is 3.59. The van der Waals surface area contributed by atoms with Gasteiger partial charge in [-0.05, 0) is 42.0 Å². The fraction of sp³-hybridized carbons (Fsp3) is 0.613. The number of nitrogen functional groups attached to an aromatic ring is 1. The lowest BCUT2D eigenvalue weighted by Crippen LogP contribution is -2.36. The van der Waals surface area contributed by atoms with Crippen LogP contribution in [0.1, 0.15) is 74.0 Å². The first-order valence-corrected chi connectivity index (χ1v) is 19.8. The second-order valence-electron chi connectivity index (χ2n) is 13.0. The molecular weight excluding hydrogens is 733 g/mol. The number of esters is 1. The summed E-state index contributed by atoms with van der Waals surface area (Å²) in [5.74, 6) is -0.0113. The van der Waals surface area contributed by atoms with Crippen molar-refractivity contribution in [2.24, 2.45) is 11.3 Å². The molecule has 1 aromatic carbocycles. The standard InChI is InChI=1S/C24H32ClFN6O10P2.C7H16/c1-13(22(34)38-11-24(2,3)4)31-43(35,41-14-8-6-5-7-9-14)42-44(36,37)39-10-15-18(33)16(26)21(40-15)32-12-28-17-19(27)29-23(25)30-20(17)32;1-4-7(5-2)6-3/h5-9,12-13,15-16,18,21,33H,10-11H2,1-4H3,(H,31,35)(H,36,37)(H2,27,29,30);7H,4-6H2,1-3H3/p-1/t13-,15+,16+,18?,21+,43?;/m0./s1. The fourth-order valence-electron chi connectivity index (χ4n) is 4.74. The topological polar surface area (TPSA) is 222 Å². The van der Waals surface area contributed by atoms with E-state index < -0.39 is 58.8 Å². The molecule has 1 saturated heterocycles. The first kappa shape index (κ1) is 42.7. The number of alkyl halides is 1. The van der Waals surface area contributed by atoms with Gasteiger partial charge in [0.05, 0.1) is 19.5 Å². The Kier molecular flexibility index (Phi) is 15.4. The molecule has 1 aliphatic rings. The molecule has 1 fully saturated rings. The van der Waals surface area contributed by atoms with E-state index in [2.05, 4.69) is 40.8 Å². The molecule has 0 radical (unpaired) electrons. The molecule has 0 amide bonds. The van der Waals surface area contributed by atoms with Gasteiger partial charge < -0.3 is 34.3 Å². The monoisotopic (exact) mass is 779 g/mol. The van der Waals surface area contributed by atoms with Crippen molar-refractivity contribution in [3.63, 3.8) is 0 Å². The average molecular weight is 780 g/mol. The summed E-state index contributed by atoms with van der Waals surface area (Å²) in [5.41, 5.74) is 5.49. The predicted octanol–water partition coefficient (Wildman–Crippen LogP) is 5.75. The molecule has 4 N–H and O–H groups in total. The van der Waals surface area contributed by atoms with Crippen molar-refractivity contribution in [3.8, 4) is 5.75 Å². The largest absolute Gasteiger partial charge is 0.756 e. The molecule has 0 bridgehead atoms. The van der Waals surface area contributed by atoms with Crippen molar-refractivity contribution in [2.75, 3.05) is 18.9 Å². The van der Waals surface area contributed by atoms with Crippen LogP contribution in [0, 0.1) is 11.3 Å². The van der Waals surface area contributed by atoms with Gasteiger partial charge in [0.15, 0.2) is 23.9 Å².